The summed E-state index contributed by atoms with van der Waals surface area (Å²) in [7, 11) is -3.78. The predicted octanol–water partition coefficient (Wildman–Crippen LogP) is 2.12. The molecule has 3 N–H and O–H groups in total. The third-order valence-electron chi connectivity index (χ3n) is 2.39. The first kappa shape index (κ1) is 15.1. The van der Waals surface area contributed by atoms with E-state index in [2.05, 4.69) is 32.3 Å². The molecule has 1 aromatic heterocycles. The van der Waals surface area contributed by atoms with Crippen molar-refractivity contribution >= 4 is 55.5 Å². The van der Waals surface area contributed by atoms with Gasteiger partial charge in [0, 0.05) is 15.5 Å². The molecular weight excluding hydrogens is 409 g/mol. The van der Waals surface area contributed by atoms with Crippen molar-refractivity contribution in [3.05, 3.63) is 51.9 Å². The highest BCUT2D eigenvalue weighted by Gasteiger charge is 2.20. The topological polar surface area (TPSA) is 85.1 Å². The van der Waals surface area contributed by atoms with Gasteiger partial charge in [-0.05, 0) is 59.0 Å². The van der Waals surface area contributed by atoms with E-state index in [4.69, 9.17) is 18.0 Å². The summed E-state index contributed by atoms with van der Waals surface area (Å²) in [6, 6.07) is 9.89. The smallest absolute Gasteiger partial charge is 0.264 e. The van der Waals surface area contributed by atoms with E-state index >= 15 is 0 Å². The van der Waals surface area contributed by atoms with E-state index in [1.165, 1.54) is 18.3 Å². The number of benzene rings is 1. The number of pyridine rings is 1. The van der Waals surface area contributed by atoms with Gasteiger partial charge in [-0.25, -0.2) is 8.42 Å². The lowest BCUT2D eigenvalue weighted by Crippen LogP contribution is -2.21. The van der Waals surface area contributed by atoms with E-state index in [9.17, 15) is 8.42 Å². The number of nitrogens with two attached hydrogens (primary N) is 1. The number of sulfonamides is 1. The van der Waals surface area contributed by atoms with Gasteiger partial charge in [-0.1, -0.05) is 12.2 Å². The molecule has 0 unspecified atom stereocenters. The van der Waals surface area contributed by atoms with Crippen molar-refractivity contribution in [2.45, 2.75) is 4.90 Å². The highest BCUT2D eigenvalue weighted by Crippen LogP contribution is 2.19. The number of anilines is 1. The van der Waals surface area contributed by atoms with Crippen LogP contribution in [-0.2, 0) is 10.0 Å². The van der Waals surface area contributed by atoms with Crippen LogP contribution in [-0.4, -0.2) is 18.4 Å². The van der Waals surface area contributed by atoms with E-state index in [0.717, 1.165) is 3.57 Å². The second kappa shape index (κ2) is 6.02. The molecule has 104 valence electrons. The van der Waals surface area contributed by atoms with Crippen LogP contribution in [0.25, 0.3) is 0 Å². The van der Waals surface area contributed by atoms with Crippen molar-refractivity contribution in [1.82, 2.24) is 4.98 Å². The van der Waals surface area contributed by atoms with Crippen molar-refractivity contribution < 1.29 is 8.42 Å². The van der Waals surface area contributed by atoms with Crippen LogP contribution in [0.3, 0.4) is 0 Å². The van der Waals surface area contributed by atoms with Crippen LogP contribution in [0.15, 0.2) is 47.5 Å². The SMILES string of the molecule is NC(=S)c1ncccc1S(=O)(=O)Nc1ccc(I)cc1. The van der Waals surface area contributed by atoms with Crippen LogP contribution in [0.4, 0.5) is 5.69 Å². The average molecular weight is 419 g/mol. The maximum Gasteiger partial charge on any atom is 0.264 e. The van der Waals surface area contributed by atoms with Gasteiger partial charge in [0.2, 0.25) is 0 Å². The van der Waals surface area contributed by atoms with Gasteiger partial charge < -0.3 is 5.73 Å². The third kappa shape index (κ3) is 3.44. The lowest BCUT2D eigenvalue weighted by atomic mass is 10.3. The van der Waals surface area contributed by atoms with Crippen molar-refractivity contribution in [1.29, 1.82) is 0 Å². The minimum absolute atomic E-state index is 0.0361. The molecule has 0 aliphatic heterocycles. The Bertz CT molecular complexity index is 746. The molecule has 5 nitrogen and oxygen atoms in total. The highest BCUT2D eigenvalue weighted by molar-refractivity contribution is 14.1. The summed E-state index contributed by atoms with van der Waals surface area (Å²) in [5, 5.41) is 0. The molecule has 2 rings (SSSR count). The van der Waals surface area contributed by atoms with E-state index in [-0.39, 0.29) is 15.6 Å². The minimum Gasteiger partial charge on any atom is -0.388 e. The fourth-order valence-corrected chi connectivity index (χ4v) is 3.34. The van der Waals surface area contributed by atoms with E-state index in [0.29, 0.717) is 5.69 Å². The van der Waals surface area contributed by atoms with Crippen LogP contribution >= 0.6 is 34.8 Å². The van der Waals surface area contributed by atoms with Gasteiger partial charge in [0.1, 0.15) is 15.6 Å². The number of nitrogens with one attached hydrogen (secondary N) is 1. The Balaban J connectivity index is 2.41. The van der Waals surface area contributed by atoms with Crippen LogP contribution in [0, 0.1) is 3.57 Å². The van der Waals surface area contributed by atoms with Crippen molar-refractivity contribution in [2.75, 3.05) is 4.72 Å². The second-order valence-corrected chi connectivity index (χ2v) is 7.16. The van der Waals surface area contributed by atoms with Crippen LogP contribution in [0.2, 0.25) is 0 Å². The summed E-state index contributed by atoms with van der Waals surface area (Å²) >= 11 is 6.96. The highest BCUT2D eigenvalue weighted by atomic mass is 127. The number of hydrogen-bond donors (Lipinski definition) is 2. The van der Waals surface area contributed by atoms with Crippen molar-refractivity contribution in [3.63, 3.8) is 0 Å². The quantitative estimate of drug-likeness (QED) is 0.586. The molecule has 0 bridgehead atoms. The average Bonchev–Trinajstić information content (AvgIpc) is 2.41. The van der Waals surface area contributed by atoms with Crippen molar-refractivity contribution in [2.24, 2.45) is 5.73 Å². The zero-order chi connectivity index (χ0) is 14.8. The fraction of sp³-hybridized carbons (Fsp3) is 0. The monoisotopic (exact) mass is 419 g/mol. The first-order valence-corrected chi connectivity index (χ1v) is 8.40. The molecule has 2 aromatic rings. The van der Waals surface area contributed by atoms with Gasteiger partial charge in [0.25, 0.3) is 10.0 Å². The lowest BCUT2D eigenvalue weighted by Gasteiger charge is -2.10. The van der Waals surface area contributed by atoms with Gasteiger partial charge in [-0.3, -0.25) is 9.71 Å². The molecule has 0 fully saturated rings. The fourth-order valence-electron chi connectivity index (χ4n) is 1.52. The summed E-state index contributed by atoms with van der Waals surface area (Å²) in [5.74, 6) is 0. The molecule has 0 spiro atoms. The number of hydrogen-bond acceptors (Lipinski definition) is 4. The minimum atomic E-state index is -3.78. The maximum absolute atomic E-state index is 12.3. The Morgan fingerprint density at radius 1 is 1.25 bits per heavy atom. The summed E-state index contributed by atoms with van der Waals surface area (Å²) < 4.78 is 28.2. The number of aromatic nitrogens is 1. The molecule has 0 atom stereocenters. The zero-order valence-corrected chi connectivity index (χ0v) is 13.9. The summed E-state index contributed by atoms with van der Waals surface area (Å²) in [4.78, 5) is 3.82. The molecule has 0 amide bonds. The first-order chi connectivity index (χ1) is 9.40. The Morgan fingerprint density at radius 2 is 1.90 bits per heavy atom. The number of thiocarbonyl (C=S) groups is 1. The number of rotatable bonds is 4. The van der Waals surface area contributed by atoms with Crippen LogP contribution in [0.1, 0.15) is 5.69 Å². The van der Waals surface area contributed by atoms with Gasteiger partial charge in [-0.15, -0.1) is 0 Å². The molecule has 1 heterocycles. The molecule has 1 aromatic carbocycles. The van der Waals surface area contributed by atoms with Gasteiger partial charge in [0.05, 0.1) is 0 Å². The van der Waals surface area contributed by atoms with Crippen molar-refractivity contribution in [3.8, 4) is 0 Å². The summed E-state index contributed by atoms with van der Waals surface area (Å²) in [6.45, 7) is 0. The normalized spacial score (nSPS) is 11.1. The van der Waals surface area contributed by atoms with Crippen LogP contribution < -0.4 is 10.5 Å². The molecule has 8 heteroatoms. The molecule has 0 saturated heterocycles. The van der Waals surface area contributed by atoms with Gasteiger partial charge in [0.15, 0.2) is 0 Å². The Kier molecular flexibility index (Phi) is 4.55. The number of halogens is 1. The Hall–Kier alpha value is -1.26. The third-order valence-corrected chi connectivity index (χ3v) is 4.72. The van der Waals surface area contributed by atoms with E-state index in [1.54, 1.807) is 24.3 Å². The van der Waals surface area contributed by atoms with E-state index in [1.807, 2.05) is 0 Å². The summed E-state index contributed by atoms with van der Waals surface area (Å²) in [6.07, 6.45) is 1.44. The maximum atomic E-state index is 12.3. The molecule has 20 heavy (non-hydrogen) atoms. The second-order valence-electron chi connectivity index (χ2n) is 3.83. The lowest BCUT2D eigenvalue weighted by molar-refractivity contribution is 0.600. The first-order valence-electron chi connectivity index (χ1n) is 5.43. The van der Waals surface area contributed by atoms with Gasteiger partial charge in [-0.2, -0.15) is 0 Å². The largest absolute Gasteiger partial charge is 0.388 e. The Morgan fingerprint density at radius 3 is 2.50 bits per heavy atom. The van der Waals surface area contributed by atoms with E-state index < -0.39 is 10.0 Å². The summed E-state index contributed by atoms with van der Waals surface area (Å²) in [5.41, 5.74) is 6.05. The standard InChI is InChI=1S/C12H10IN3O2S2/c13-8-3-5-9(6-4-8)16-20(17,18)10-2-1-7-15-11(10)12(14)19/h1-7,16H,(H2,14,19). The zero-order valence-electron chi connectivity index (χ0n) is 10.1. The van der Waals surface area contributed by atoms with Crippen LogP contribution in [0.5, 0.6) is 0 Å². The Labute approximate surface area is 135 Å². The molecule has 0 saturated carbocycles. The predicted molar refractivity (Wildman–Crippen MR) is 90.1 cm³/mol. The molecule has 0 aliphatic rings. The molecular formula is C12H10IN3O2S2. The van der Waals surface area contributed by atoms with Gasteiger partial charge >= 0.3 is 0 Å². The molecule has 0 radical (unpaired) electrons. The molecule has 0 aliphatic carbocycles. The number of nitrogens with zero attached hydrogens (tertiary/aromatic N) is 1.